The van der Waals surface area contributed by atoms with Crippen molar-refractivity contribution in [1.82, 2.24) is 10.3 Å². The molecule has 8 heteroatoms. The van der Waals surface area contributed by atoms with Crippen LogP contribution in [0.2, 0.25) is 0 Å². The highest BCUT2D eigenvalue weighted by Gasteiger charge is 2.25. The third-order valence-corrected chi connectivity index (χ3v) is 4.61. The standard InChI is InChI=1S/C20H25N3O3.2ClH/c21-13-15-5-1-2-6-18(15)23-19(24)14-25-16-8-10-17(11-9-16)26-20-7-3-4-12-22-20;;/h3-4,7-12,15,18H,1-2,5-6,13-14,21H2,(H,23,24);2*1H. The van der Waals surface area contributed by atoms with Crippen molar-refractivity contribution in [2.75, 3.05) is 13.2 Å². The van der Waals surface area contributed by atoms with E-state index in [1.807, 2.05) is 12.1 Å². The molecule has 1 heterocycles. The first-order chi connectivity index (χ1) is 12.7. The Hall–Kier alpha value is -2.02. The van der Waals surface area contributed by atoms with E-state index in [1.165, 1.54) is 6.42 Å². The molecule has 2 aromatic rings. The third kappa shape index (κ3) is 7.19. The molecule has 28 heavy (non-hydrogen) atoms. The van der Waals surface area contributed by atoms with Crippen LogP contribution in [0.1, 0.15) is 25.7 Å². The van der Waals surface area contributed by atoms with Gasteiger partial charge in [-0.05, 0) is 55.6 Å². The first-order valence-electron chi connectivity index (χ1n) is 9.06. The average molecular weight is 428 g/mol. The summed E-state index contributed by atoms with van der Waals surface area (Å²) in [6.07, 6.45) is 6.08. The number of nitrogens with one attached hydrogen (secondary N) is 1. The highest BCUT2D eigenvalue weighted by Crippen LogP contribution is 2.24. The number of ether oxygens (including phenoxy) is 2. The zero-order valence-electron chi connectivity index (χ0n) is 15.6. The van der Waals surface area contributed by atoms with Crippen molar-refractivity contribution >= 4 is 30.7 Å². The van der Waals surface area contributed by atoms with Crippen LogP contribution in [0, 0.1) is 5.92 Å². The number of benzene rings is 1. The molecule has 1 aliphatic carbocycles. The second-order valence-electron chi connectivity index (χ2n) is 6.48. The topological polar surface area (TPSA) is 86.5 Å². The fourth-order valence-corrected chi connectivity index (χ4v) is 3.21. The van der Waals surface area contributed by atoms with Gasteiger partial charge in [0.15, 0.2) is 6.61 Å². The predicted octanol–water partition coefficient (Wildman–Crippen LogP) is 3.73. The van der Waals surface area contributed by atoms with Crippen LogP contribution in [0.5, 0.6) is 17.4 Å². The number of carbonyl (C=O) groups is 1. The lowest BCUT2D eigenvalue weighted by Gasteiger charge is -2.31. The van der Waals surface area contributed by atoms with Crippen LogP contribution in [-0.4, -0.2) is 30.1 Å². The Bertz CT molecular complexity index is 702. The maximum atomic E-state index is 12.1. The Balaban J connectivity index is 0.00000196. The third-order valence-electron chi connectivity index (χ3n) is 4.61. The summed E-state index contributed by atoms with van der Waals surface area (Å²) in [6.45, 7) is 0.609. The van der Waals surface area contributed by atoms with Gasteiger partial charge in [-0.2, -0.15) is 0 Å². The zero-order chi connectivity index (χ0) is 18.2. The lowest BCUT2D eigenvalue weighted by atomic mass is 9.84. The normalized spacial score (nSPS) is 18.2. The summed E-state index contributed by atoms with van der Waals surface area (Å²) >= 11 is 0. The maximum Gasteiger partial charge on any atom is 0.258 e. The highest BCUT2D eigenvalue weighted by atomic mass is 35.5. The lowest BCUT2D eigenvalue weighted by molar-refractivity contribution is -0.124. The molecule has 0 aliphatic heterocycles. The Kier molecular flexibility index (Phi) is 10.7. The molecule has 0 spiro atoms. The average Bonchev–Trinajstić information content (AvgIpc) is 2.69. The van der Waals surface area contributed by atoms with E-state index in [1.54, 1.807) is 36.5 Å². The minimum Gasteiger partial charge on any atom is -0.484 e. The predicted molar refractivity (Wildman–Crippen MR) is 114 cm³/mol. The van der Waals surface area contributed by atoms with Gasteiger partial charge in [-0.1, -0.05) is 18.9 Å². The Morgan fingerprint density at radius 1 is 1.07 bits per heavy atom. The number of nitrogens with two attached hydrogens (primary N) is 1. The number of hydrogen-bond acceptors (Lipinski definition) is 5. The minimum atomic E-state index is -0.107. The molecule has 1 amide bonds. The summed E-state index contributed by atoms with van der Waals surface area (Å²) in [6, 6.07) is 12.8. The molecule has 3 N–H and O–H groups in total. The molecule has 0 bridgehead atoms. The number of amides is 1. The van der Waals surface area contributed by atoms with Crippen LogP contribution >= 0.6 is 24.8 Å². The molecule has 6 nitrogen and oxygen atoms in total. The quantitative estimate of drug-likeness (QED) is 0.702. The van der Waals surface area contributed by atoms with E-state index in [-0.39, 0.29) is 43.4 Å². The second kappa shape index (κ2) is 12.4. The van der Waals surface area contributed by atoms with Crippen LogP contribution in [-0.2, 0) is 4.79 Å². The van der Waals surface area contributed by atoms with Crippen LogP contribution < -0.4 is 20.5 Å². The molecule has 2 atom stereocenters. The van der Waals surface area contributed by atoms with Crippen LogP contribution in [0.4, 0.5) is 0 Å². The van der Waals surface area contributed by atoms with Gasteiger partial charge in [0.25, 0.3) is 5.91 Å². The van der Waals surface area contributed by atoms with Gasteiger partial charge in [0, 0.05) is 18.3 Å². The number of halogens is 2. The van der Waals surface area contributed by atoms with Crippen LogP contribution in [0.15, 0.2) is 48.7 Å². The summed E-state index contributed by atoms with van der Waals surface area (Å²) in [5.41, 5.74) is 5.80. The molecule has 154 valence electrons. The zero-order valence-corrected chi connectivity index (χ0v) is 17.2. The molecule has 1 fully saturated rings. The summed E-state index contributed by atoms with van der Waals surface area (Å²) in [5, 5.41) is 3.06. The van der Waals surface area contributed by atoms with E-state index in [0.29, 0.717) is 29.8 Å². The first kappa shape index (κ1) is 24.0. The van der Waals surface area contributed by atoms with E-state index < -0.39 is 0 Å². The van der Waals surface area contributed by atoms with Crippen molar-refractivity contribution in [1.29, 1.82) is 0 Å². The van der Waals surface area contributed by atoms with Gasteiger partial charge in [-0.25, -0.2) is 4.98 Å². The highest BCUT2D eigenvalue weighted by molar-refractivity contribution is 5.85. The van der Waals surface area contributed by atoms with Crippen LogP contribution in [0.25, 0.3) is 0 Å². The first-order valence-corrected chi connectivity index (χ1v) is 9.06. The molecule has 3 rings (SSSR count). The van der Waals surface area contributed by atoms with E-state index in [4.69, 9.17) is 15.2 Å². The SMILES string of the molecule is Cl.Cl.NCC1CCCCC1NC(=O)COc1ccc(Oc2ccccn2)cc1. The van der Waals surface area contributed by atoms with E-state index in [2.05, 4.69) is 10.3 Å². The molecule has 2 unspecified atom stereocenters. The number of rotatable bonds is 7. The number of nitrogens with zero attached hydrogens (tertiary/aromatic N) is 1. The van der Waals surface area contributed by atoms with Crippen LogP contribution in [0.3, 0.4) is 0 Å². The number of hydrogen-bond donors (Lipinski definition) is 2. The molecule has 1 aliphatic rings. The molecular weight excluding hydrogens is 401 g/mol. The van der Waals surface area contributed by atoms with Gasteiger partial charge >= 0.3 is 0 Å². The molecular formula is C20H27Cl2N3O3. The summed E-state index contributed by atoms with van der Waals surface area (Å²) in [7, 11) is 0. The monoisotopic (exact) mass is 427 g/mol. The number of pyridine rings is 1. The summed E-state index contributed by atoms with van der Waals surface area (Å²) in [4.78, 5) is 16.3. The smallest absolute Gasteiger partial charge is 0.258 e. The maximum absolute atomic E-state index is 12.1. The summed E-state index contributed by atoms with van der Waals surface area (Å²) in [5.74, 6) is 2.07. The van der Waals surface area contributed by atoms with E-state index in [0.717, 1.165) is 19.3 Å². The van der Waals surface area contributed by atoms with Crippen molar-refractivity contribution in [2.24, 2.45) is 11.7 Å². The van der Waals surface area contributed by atoms with Gasteiger partial charge < -0.3 is 20.5 Å². The molecule has 1 aromatic heterocycles. The van der Waals surface area contributed by atoms with Gasteiger partial charge in [-0.3, -0.25) is 4.79 Å². The molecule has 1 aromatic carbocycles. The fraction of sp³-hybridized carbons (Fsp3) is 0.400. The number of aromatic nitrogens is 1. The van der Waals surface area contributed by atoms with Crippen molar-refractivity contribution in [3.8, 4) is 17.4 Å². The van der Waals surface area contributed by atoms with Crippen molar-refractivity contribution in [2.45, 2.75) is 31.7 Å². The van der Waals surface area contributed by atoms with Gasteiger partial charge in [0.1, 0.15) is 11.5 Å². The summed E-state index contributed by atoms with van der Waals surface area (Å²) < 4.78 is 11.2. The number of carbonyl (C=O) groups excluding carboxylic acids is 1. The van der Waals surface area contributed by atoms with Crippen molar-refractivity contribution in [3.63, 3.8) is 0 Å². The van der Waals surface area contributed by atoms with Gasteiger partial charge in [0.2, 0.25) is 5.88 Å². The molecule has 0 saturated heterocycles. The lowest BCUT2D eigenvalue weighted by Crippen LogP contribution is -2.46. The van der Waals surface area contributed by atoms with Crippen molar-refractivity contribution in [3.05, 3.63) is 48.7 Å². The Labute approximate surface area is 178 Å². The Morgan fingerprint density at radius 2 is 1.79 bits per heavy atom. The molecule has 1 saturated carbocycles. The van der Waals surface area contributed by atoms with E-state index >= 15 is 0 Å². The minimum absolute atomic E-state index is 0. The molecule has 0 radical (unpaired) electrons. The largest absolute Gasteiger partial charge is 0.484 e. The second-order valence-corrected chi connectivity index (χ2v) is 6.48. The van der Waals surface area contributed by atoms with Gasteiger partial charge in [-0.15, -0.1) is 24.8 Å². The Morgan fingerprint density at radius 3 is 2.46 bits per heavy atom. The fourth-order valence-electron chi connectivity index (χ4n) is 3.21. The van der Waals surface area contributed by atoms with E-state index in [9.17, 15) is 4.79 Å². The van der Waals surface area contributed by atoms with Crippen molar-refractivity contribution < 1.29 is 14.3 Å². The van der Waals surface area contributed by atoms with Gasteiger partial charge in [0.05, 0.1) is 0 Å².